The number of rotatable bonds is 4. The van der Waals surface area contributed by atoms with Gasteiger partial charge in [0.05, 0.1) is 40.7 Å². The molecule has 2 aromatic carbocycles. The third-order valence-electron chi connectivity index (χ3n) is 5.99. The van der Waals surface area contributed by atoms with Crippen LogP contribution in [0.5, 0.6) is 11.5 Å². The van der Waals surface area contributed by atoms with Gasteiger partial charge in [0.1, 0.15) is 11.5 Å². The van der Waals surface area contributed by atoms with Crippen LogP contribution >= 0.6 is 11.6 Å². The Morgan fingerprint density at radius 3 is 2.33 bits per heavy atom. The lowest BCUT2D eigenvalue weighted by Crippen LogP contribution is -2.34. The second kappa shape index (κ2) is 6.78. The van der Waals surface area contributed by atoms with Gasteiger partial charge in [0.25, 0.3) is 5.69 Å². The number of aryl methyl sites for hydroxylation is 1. The van der Waals surface area contributed by atoms with Gasteiger partial charge in [0.15, 0.2) is 0 Å². The Morgan fingerprint density at radius 2 is 1.73 bits per heavy atom. The maximum absolute atomic E-state index is 13.0. The van der Waals surface area contributed by atoms with Gasteiger partial charge in [0.2, 0.25) is 11.8 Å². The minimum atomic E-state index is -0.581. The number of nitrogens with zero attached hydrogens (tertiary/aromatic N) is 2. The van der Waals surface area contributed by atoms with Gasteiger partial charge in [-0.1, -0.05) is 11.6 Å². The number of hydrogen-bond acceptors (Lipinski definition) is 6. The number of non-ortho nitro benzene ring substituents is 1. The SMILES string of the molecule is Cc1cc(Oc2cc(N3C(=O)[C@@H]4[C@@H](C3=O)[C@H]3CC[C@H]4O3)cc([N+](=O)[O-])c2)ccc1Cl. The molecule has 4 atom stereocenters. The highest BCUT2D eigenvalue weighted by molar-refractivity contribution is 6.31. The molecule has 3 aliphatic rings. The van der Waals surface area contributed by atoms with Crippen molar-refractivity contribution in [3.8, 4) is 11.5 Å². The number of fused-ring (bicyclic) bond motifs is 5. The number of carbonyl (C=O) groups is 2. The predicted molar refractivity (Wildman–Crippen MR) is 107 cm³/mol. The fourth-order valence-corrected chi connectivity index (χ4v) is 4.76. The largest absolute Gasteiger partial charge is 0.457 e. The Hall–Kier alpha value is -2.97. The summed E-state index contributed by atoms with van der Waals surface area (Å²) in [6.07, 6.45) is 0.983. The molecule has 0 saturated carbocycles. The maximum Gasteiger partial charge on any atom is 0.275 e. The number of amides is 2. The molecule has 0 unspecified atom stereocenters. The van der Waals surface area contributed by atoms with E-state index in [4.69, 9.17) is 21.1 Å². The third kappa shape index (κ3) is 2.86. The molecule has 2 bridgehead atoms. The number of ether oxygens (including phenoxy) is 2. The summed E-state index contributed by atoms with van der Waals surface area (Å²) in [6.45, 7) is 1.81. The van der Waals surface area contributed by atoms with Crippen LogP contribution in [0, 0.1) is 28.9 Å². The van der Waals surface area contributed by atoms with Gasteiger partial charge in [0, 0.05) is 17.2 Å². The number of anilines is 1. The molecule has 9 heteroatoms. The molecule has 30 heavy (non-hydrogen) atoms. The van der Waals surface area contributed by atoms with Crippen LogP contribution in [0.2, 0.25) is 5.02 Å². The molecule has 8 nitrogen and oxygen atoms in total. The molecule has 3 aliphatic heterocycles. The molecular formula is C21H17ClN2O6. The number of halogens is 1. The molecule has 3 heterocycles. The first-order valence-electron chi connectivity index (χ1n) is 9.60. The van der Waals surface area contributed by atoms with Gasteiger partial charge in [-0.05, 0) is 43.5 Å². The van der Waals surface area contributed by atoms with Crippen LogP contribution < -0.4 is 9.64 Å². The molecular weight excluding hydrogens is 412 g/mol. The van der Waals surface area contributed by atoms with Crippen LogP contribution in [0.15, 0.2) is 36.4 Å². The smallest absolute Gasteiger partial charge is 0.275 e. The number of benzene rings is 2. The quantitative estimate of drug-likeness (QED) is 0.414. The zero-order chi connectivity index (χ0) is 21.2. The van der Waals surface area contributed by atoms with Gasteiger partial charge in [-0.15, -0.1) is 0 Å². The molecule has 2 aromatic rings. The Kier molecular flexibility index (Phi) is 4.30. The van der Waals surface area contributed by atoms with Crippen LogP contribution in [0.1, 0.15) is 18.4 Å². The maximum atomic E-state index is 13.0. The van der Waals surface area contributed by atoms with Crippen molar-refractivity contribution < 1.29 is 24.0 Å². The fraction of sp³-hybridized carbons (Fsp3) is 0.333. The molecule has 0 radical (unpaired) electrons. The molecule has 0 N–H and O–H groups in total. The second-order valence-electron chi connectivity index (χ2n) is 7.81. The van der Waals surface area contributed by atoms with E-state index < -0.39 is 16.8 Å². The predicted octanol–water partition coefficient (Wildman–Crippen LogP) is 4.02. The van der Waals surface area contributed by atoms with Gasteiger partial charge >= 0.3 is 0 Å². The van der Waals surface area contributed by atoms with E-state index in [1.807, 2.05) is 6.92 Å². The number of carbonyl (C=O) groups excluding carboxylic acids is 2. The van der Waals surface area contributed by atoms with Crippen LogP contribution in [-0.2, 0) is 14.3 Å². The Bertz CT molecular complexity index is 1070. The normalized spacial score (nSPS) is 26.9. The van der Waals surface area contributed by atoms with E-state index in [1.165, 1.54) is 18.2 Å². The summed E-state index contributed by atoms with van der Waals surface area (Å²) in [5.74, 6) is -1.18. The molecule has 3 saturated heterocycles. The fourth-order valence-electron chi connectivity index (χ4n) is 4.64. The van der Waals surface area contributed by atoms with Crippen LogP contribution in [0.3, 0.4) is 0 Å². The third-order valence-corrected chi connectivity index (χ3v) is 6.42. The van der Waals surface area contributed by atoms with E-state index in [2.05, 4.69) is 0 Å². The first-order valence-corrected chi connectivity index (χ1v) is 9.98. The minimum Gasteiger partial charge on any atom is -0.457 e. The van der Waals surface area contributed by atoms with Crippen LogP contribution in [-0.4, -0.2) is 28.9 Å². The average molecular weight is 429 g/mol. The highest BCUT2D eigenvalue weighted by Gasteiger charge is 2.62. The summed E-state index contributed by atoms with van der Waals surface area (Å²) in [4.78, 5) is 38.0. The lowest BCUT2D eigenvalue weighted by Gasteiger charge is -2.18. The molecule has 0 aromatic heterocycles. The standard InChI is InChI=1S/C21H17ClN2O6/c1-10-6-13(2-3-15(10)22)29-14-8-11(7-12(9-14)24(27)28)23-20(25)18-16-4-5-17(30-16)19(18)21(23)26/h2-3,6-9,16-19H,4-5H2,1H3/t16-,17-,18+,19+/m1/s1. The summed E-state index contributed by atoms with van der Waals surface area (Å²) >= 11 is 6.03. The molecule has 0 aliphatic carbocycles. The zero-order valence-electron chi connectivity index (χ0n) is 15.9. The summed E-state index contributed by atoms with van der Waals surface area (Å²) in [5.41, 5.74) is 0.645. The number of imide groups is 1. The van der Waals surface area contributed by atoms with Crippen molar-refractivity contribution in [3.63, 3.8) is 0 Å². The van der Waals surface area contributed by atoms with Crippen molar-refractivity contribution in [2.75, 3.05) is 4.90 Å². The van der Waals surface area contributed by atoms with Crippen molar-refractivity contribution in [1.82, 2.24) is 0 Å². The molecule has 0 spiro atoms. The summed E-state index contributed by atoms with van der Waals surface area (Å²) < 4.78 is 11.5. The number of nitro groups is 1. The summed E-state index contributed by atoms with van der Waals surface area (Å²) in [6, 6.07) is 8.95. The van der Waals surface area contributed by atoms with E-state index in [0.717, 1.165) is 23.3 Å². The van der Waals surface area contributed by atoms with Crippen LogP contribution in [0.4, 0.5) is 11.4 Å². The van der Waals surface area contributed by atoms with Crippen molar-refractivity contribution in [2.45, 2.75) is 32.0 Å². The molecule has 3 fully saturated rings. The van der Waals surface area contributed by atoms with Crippen molar-refractivity contribution in [3.05, 3.63) is 57.1 Å². The van der Waals surface area contributed by atoms with Crippen molar-refractivity contribution in [2.24, 2.45) is 11.8 Å². The molecule has 2 amide bonds. The number of hydrogen-bond donors (Lipinski definition) is 0. The Morgan fingerprint density at radius 1 is 1.07 bits per heavy atom. The van der Waals surface area contributed by atoms with Gasteiger partial charge < -0.3 is 9.47 Å². The van der Waals surface area contributed by atoms with Gasteiger partial charge in [-0.3, -0.25) is 19.7 Å². The first kappa shape index (κ1) is 19.0. The van der Waals surface area contributed by atoms with Crippen molar-refractivity contribution in [1.29, 1.82) is 0 Å². The monoisotopic (exact) mass is 428 g/mol. The highest BCUT2D eigenvalue weighted by atomic mass is 35.5. The van der Waals surface area contributed by atoms with E-state index in [9.17, 15) is 19.7 Å². The van der Waals surface area contributed by atoms with Gasteiger partial charge in [-0.2, -0.15) is 0 Å². The minimum absolute atomic E-state index is 0.133. The lowest BCUT2D eigenvalue weighted by molar-refractivity contribution is -0.384. The topological polar surface area (TPSA) is 99.0 Å². The first-order chi connectivity index (χ1) is 14.3. The average Bonchev–Trinajstić information content (AvgIpc) is 3.38. The Balaban J connectivity index is 1.52. The van der Waals surface area contributed by atoms with Crippen LogP contribution in [0.25, 0.3) is 0 Å². The zero-order valence-corrected chi connectivity index (χ0v) is 16.7. The van der Waals surface area contributed by atoms with E-state index in [0.29, 0.717) is 10.8 Å². The van der Waals surface area contributed by atoms with E-state index in [1.54, 1.807) is 18.2 Å². The summed E-state index contributed by atoms with van der Waals surface area (Å²) in [7, 11) is 0. The Labute approximate surface area is 176 Å². The number of nitro benzene ring substituents is 1. The van der Waals surface area contributed by atoms with Gasteiger partial charge in [-0.25, -0.2) is 4.90 Å². The summed E-state index contributed by atoms with van der Waals surface area (Å²) in [5, 5.41) is 12.0. The second-order valence-corrected chi connectivity index (χ2v) is 8.22. The van der Waals surface area contributed by atoms with E-state index in [-0.39, 0.29) is 41.1 Å². The van der Waals surface area contributed by atoms with E-state index >= 15 is 0 Å². The van der Waals surface area contributed by atoms with Crippen molar-refractivity contribution >= 4 is 34.8 Å². The highest BCUT2D eigenvalue weighted by Crippen LogP contribution is 2.50. The molecule has 5 rings (SSSR count). The lowest BCUT2D eigenvalue weighted by atomic mass is 9.81. The molecule has 154 valence electrons.